The van der Waals surface area contributed by atoms with Gasteiger partial charge in [-0.15, -0.1) is 0 Å². The number of halogens is 2. The van der Waals surface area contributed by atoms with Gasteiger partial charge >= 0.3 is 0 Å². The van der Waals surface area contributed by atoms with Crippen molar-refractivity contribution in [2.45, 2.75) is 32.9 Å². The van der Waals surface area contributed by atoms with Crippen LogP contribution in [0.4, 0.5) is 0 Å². The van der Waals surface area contributed by atoms with Crippen molar-refractivity contribution in [3.8, 4) is 0 Å². The van der Waals surface area contributed by atoms with Crippen LogP contribution in [-0.4, -0.2) is 20.7 Å². The van der Waals surface area contributed by atoms with Crippen molar-refractivity contribution in [2.24, 2.45) is 0 Å². The van der Waals surface area contributed by atoms with Gasteiger partial charge in [0.05, 0.1) is 17.8 Å². The van der Waals surface area contributed by atoms with Crippen LogP contribution in [-0.2, 0) is 0 Å². The summed E-state index contributed by atoms with van der Waals surface area (Å²) >= 11 is 12.1. The molecule has 0 spiro atoms. The number of hydrogen-bond donors (Lipinski definition) is 1. The van der Waals surface area contributed by atoms with Gasteiger partial charge in [0.25, 0.3) is 5.91 Å². The SMILES string of the molecule is CC(C)n1ncc2cc(C(=O)N[C@H](C)c3ccc(Cl)cc3Cl)cnc21. The van der Waals surface area contributed by atoms with Gasteiger partial charge < -0.3 is 5.32 Å². The molecule has 25 heavy (non-hydrogen) atoms. The summed E-state index contributed by atoms with van der Waals surface area (Å²) in [5.74, 6) is -0.217. The van der Waals surface area contributed by atoms with Crippen LogP contribution in [0.3, 0.4) is 0 Å². The van der Waals surface area contributed by atoms with Crippen molar-refractivity contribution in [3.05, 3.63) is 57.8 Å². The minimum Gasteiger partial charge on any atom is -0.345 e. The minimum atomic E-state index is -0.258. The third-order valence-electron chi connectivity index (χ3n) is 3.96. The number of nitrogens with zero attached hydrogens (tertiary/aromatic N) is 3. The average Bonchev–Trinajstić information content (AvgIpc) is 2.97. The molecule has 1 atom stereocenters. The lowest BCUT2D eigenvalue weighted by Crippen LogP contribution is -2.27. The molecule has 1 amide bonds. The van der Waals surface area contributed by atoms with Crippen LogP contribution in [0, 0.1) is 0 Å². The van der Waals surface area contributed by atoms with Gasteiger partial charge in [-0.3, -0.25) is 4.79 Å². The largest absolute Gasteiger partial charge is 0.345 e. The number of carbonyl (C=O) groups excluding carboxylic acids is 1. The highest BCUT2D eigenvalue weighted by molar-refractivity contribution is 6.35. The molecule has 0 saturated heterocycles. The highest BCUT2D eigenvalue weighted by atomic mass is 35.5. The van der Waals surface area contributed by atoms with E-state index in [1.165, 1.54) is 0 Å². The highest BCUT2D eigenvalue weighted by Gasteiger charge is 2.16. The Morgan fingerprint density at radius 2 is 1.92 bits per heavy atom. The topological polar surface area (TPSA) is 59.8 Å². The fourth-order valence-corrected chi connectivity index (χ4v) is 3.22. The quantitative estimate of drug-likeness (QED) is 0.710. The minimum absolute atomic E-state index is 0.205. The molecule has 2 aromatic heterocycles. The first-order chi connectivity index (χ1) is 11.9. The summed E-state index contributed by atoms with van der Waals surface area (Å²) in [6.45, 7) is 5.94. The number of benzene rings is 1. The molecule has 0 bridgehead atoms. The molecule has 5 nitrogen and oxygen atoms in total. The molecule has 1 aromatic carbocycles. The molecule has 0 aliphatic heterocycles. The Hall–Kier alpha value is -2.11. The van der Waals surface area contributed by atoms with Crippen molar-refractivity contribution in [2.75, 3.05) is 0 Å². The summed E-state index contributed by atoms with van der Waals surface area (Å²) in [7, 11) is 0. The van der Waals surface area contributed by atoms with Crippen molar-refractivity contribution < 1.29 is 4.79 Å². The second kappa shape index (κ2) is 7.02. The van der Waals surface area contributed by atoms with Gasteiger partial charge in [-0.2, -0.15) is 5.10 Å². The zero-order valence-corrected chi connectivity index (χ0v) is 15.6. The molecule has 0 aliphatic carbocycles. The Labute approximate surface area is 156 Å². The maximum absolute atomic E-state index is 12.5. The molecule has 3 aromatic rings. The van der Waals surface area contributed by atoms with Crippen LogP contribution in [0.25, 0.3) is 11.0 Å². The standard InChI is InChI=1S/C18H18Cl2N4O/c1-10(2)24-17-12(9-22-24)6-13(8-21-17)18(25)23-11(3)15-5-4-14(19)7-16(15)20/h4-11H,1-3H3,(H,23,25)/t11-/m1/s1. The smallest absolute Gasteiger partial charge is 0.253 e. The normalized spacial score (nSPS) is 12.6. The third-order valence-corrected chi connectivity index (χ3v) is 4.52. The fraction of sp³-hybridized carbons (Fsp3) is 0.278. The van der Waals surface area contributed by atoms with Gasteiger partial charge in [0, 0.05) is 27.7 Å². The lowest BCUT2D eigenvalue weighted by atomic mass is 10.1. The lowest BCUT2D eigenvalue weighted by Gasteiger charge is -2.16. The molecule has 0 saturated carbocycles. The summed E-state index contributed by atoms with van der Waals surface area (Å²) in [6, 6.07) is 6.96. The van der Waals surface area contributed by atoms with E-state index in [-0.39, 0.29) is 18.0 Å². The Morgan fingerprint density at radius 1 is 1.16 bits per heavy atom. The molecule has 2 heterocycles. The predicted molar refractivity (Wildman–Crippen MR) is 100 cm³/mol. The van der Waals surface area contributed by atoms with Gasteiger partial charge in [0.1, 0.15) is 0 Å². The molecular weight excluding hydrogens is 359 g/mol. The second-order valence-electron chi connectivity index (χ2n) is 6.18. The maximum Gasteiger partial charge on any atom is 0.253 e. The van der Waals surface area contributed by atoms with Crippen LogP contribution in [0.5, 0.6) is 0 Å². The number of carbonyl (C=O) groups is 1. The van der Waals surface area contributed by atoms with Gasteiger partial charge in [0.2, 0.25) is 0 Å². The van der Waals surface area contributed by atoms with Crippen LogP contribution < -0.4 is 5.32 Å². The van der Waals surface area contributed by atoms with Crippen LogP contribution >= 0.6 is 23.2 Å². The summed E-state index contributed by atoms with van der Waals surface area (Å²) in [6.07, 6.45) is 3.28. The molecule has 130 valence electrons. The number of hydrogen-bond acceptors (Lipinski definition) is 3. The first-order valence-corrected chi connectivity index (χ1v) is 8.71. The predicted octanol–water partition coefficient (Wildman–Crippen LogP) is 4.81. The van der Waals surface area contributed by atoms with Crippen molar-refractivity contribution in [3.63, 3.8) is 0 Å². The van der Waals surface area contributed by atoms with E-state index in [1.807, 2.05) is 31.5 Å². The number of amides is 1. The molecule has 1 N–H and O–H groups in total. The van der Waals surface area contributed by atoms with Crippen molar-refractivity contribution in [1.29, 1.82) is 0 Å². The van der Waals surface area contributed by atoms with E-state index in [4.69, 9.17) is 23.2 Å². The summed E-state index contributed by atoms with van der Waals surface area (Å²) in [5, 5.41) is 9.16. The first-order valence-electron chi connectivity index (χ1n) is 7.96. The average molecular weight is 377 g/mol. The molecule has 0 radical (unpaired) electrons. The van der Waals surface area contributed by atoms with E-state index in [2.05, 4.69) is 15.4 Å². The zero-order valence-electron chi connectivity index (χ0n) is 14.1. The van der Waals surface area contributed by atoms with Gasteiger partial charge in [0.15, 0.2) is 5.65 Å². The first kappa shape index (κ1) is 17.7. The Balaban J connectivity index is 1.82. The van der Waals surface area contributed by atoms with Gasteiger partial charge in [-0.25, -0.2) is 9.67 Å². The van der Waals surface area contributed by atoms with E-state index in [1.54, 1.807) is 30.6 Å². The molecule has 0 unspecified atom stereocenters. The zero-order chi connectivity index (χ0) is 18.1. The summed E-state index contributed by atoms with van der Waals surface area (Å²) in [4.78, 5) is 16.9. The van der Waals surface area contributed by atoms with E-state index < -0.39 is 0 Å². The number of pyridine rings is 1. The number of aromatic nitrogens is 3. The number of fused-ring (bicyclic) bond motifs is 1. The molecular formula is C18H18Cl2N4O. The monoisotopic (exact) mass is 376 g/mol. The van der Waals surface area contributed by atoms with E-state index in [0.717, 1.165) is 16.6 Å². The fourth-order valence-electron chi connectivity index (χ4n) is 2.65. The molecule has 3 rings (SSSR count). The molecule has 0 aliphatic rings. The Bertz CT molecular complexity index is 936. The lowest BCUT2D eigenvalue weighted by molar-refractivity contribution is 0.0939. The van der Waals surface area contributed by atoms with Crippen LogP contribution in [0.15, 0.2) is 36.7 Å². The van der Waals surface area contributed by atoms with E-state index in [9.17, 15) is 4.79 Å². The van der Waals surface area contributed by atoms with Crippen molar-refractivity contribution in [1.82, 2.24) is 20.1 Å². The van der Waals surface area contributed by atoms with E-state index in [0.29, 0.717) is 15.6 Å². The van der Waals surface area contributed by atoms with Gasteiger partial charge in [-0.1, -0.05) is 29.3 Å². The third kappa shape index (κ3) is 3.62. The summed E-state index contributed by atoms with van der Waals surface area (Å²) < 4.78 is 1.83. The second-order valence-corrected chi connectivity index (χ2v) is 7.02. The number of rotatable bonds is 4. The number of nitrogens with one attached hydrogen (secondary N) is 1. The summed E-state index contributed by atoms with van der Waals surface area (Å²) in [5.41, 5.74) is 2.05. The van der Waals surface area contributed by atoms with Crippen LogP contribution in [0.2, 0.25) is 10.0 Å². The molecule has 0 fully saturated rings. The van der Waals surface area contributed by atoms with E-state index >= 15 is 0 Å². The van der Waals surface area contributed by atoms with Crippen LogP contribution in [0.1, 0.15) is 48.8 Å². The highest BCUT2D eigenvalue weighted by Crippen LogP contribution is 2.26. The molecule has 7 heteroatoms. The van der Waals surface area contributed by atoms with Crippen molar-refractivity contribution >= 4 is 40.1 Å². The Kier molecular flexibility index (Phi) is 4.97. The maximum atomic E-state index is 12.5. The van der Waals surface area contributed by atoms with Gasteiger partial charge in [-0.05, 0) is 44.5 Å². The Morgan fingerprint density at radius 3 is 2.60 bits per heavy atom.